The molecule has 7 heteroatoms. The monoisotopic (exact) mass is 445 g/mol. The molecule has 2 aliphatic heterocycles. The van der Waals surface area contributed by atoms with Crippen LogP contribution in [0.3, 0.4) is 0 Å². The number of aryl methyl sites for hydroxylation is 1. The minimum atomic E-state index is -0.315. The van der Waals surface area contributed by atoms with E-state index in [2.05, 4.69) is 55.2 Å². The molecular formula is C26H31N5O2. The van der Waals surface area contributed by atoms with Crippen LogP contribution in [0.4, 0.5) is 0 Å². The third kappa shape index (κ3) is 3.90. The van der Waals surface area contributed by atoms with Crippen LogP contribution in [0.25, 0.3) is 10.9 Å². The average Bonchev–Trinajstić information content (AvgIpc) is 3.23. The van der Waals surface area contributed by atoms with E-state index in [4.69, 9.17) is 0 Å². The molecule has 2 aromatic heterocycles. The van der Waals surface area contributed by atoms with Gasteiger partial charge in [-0.2, -0.15) is 5.10 Å². The van der Waals surface area contributed by atoms with Crippen molar-refractivity contribution in [3.8, 4) is 0 Å². The topological polar surface area (TPSA) is 80.1 Å². The van der Waals surface area contributed by atoms with Gasteiger partial charge in [0.1, 0.15) is 0 Å². The predicted molar refractivity (Wildman–Crippen MR) is 127 cm³/mol. The summed E-state index contributed by atoms with van der Waals surface area (Å²) in [4.78, 5) is 32.5. The SMILES string of the molecule is CCc1ccc2ncc(C(=O)N3CCC4(CC3)Cc3cn(C(C)(C)C)nc3C(=O)N4)cc2c1. The highest BCUT2D eigenvalue weighted by Gasteiger charge is 2.43. The minimum absolute atomic E-state index is 0.00419. The van der Waals surface area contributed by atoms with E-state index >= 15 is 0 Å². The molecule has 1 fully saturated rings. The molecule has 172 valence electrons. The summed E-state index contributed by atoms with van der Waals surface area (Å²) in [7, 11) is 0. The van der Waals surface area contributed by atoms with E-state index in [1.165, 1.54) is 5.56 Å². The van der Waals surface area contributed by atoms with E-state index in [-0.39, 0.29) is 22.9 Å². The molecule has 0 aliphatic carbocycles. The van der Waals surface area contributed by atoms with Gasteiger partial charge in [-0.3, -0.25) is 19.3 Å². The number of rotatable bonds is 2. The van der Waals surface area contributed by atoms with Crippen molar-refractivity contribution in [3.63, 3.8) is 0 Å². The lowest BCUT2D eigenvalue weighted by molar-refractivity contribution is 0.0605. The Labute approximate surface area is 194 Å². The number of likely N-dealkylation sites (tertiary alicyclic amines) is 1. The standard InChI is InChI=1S/C26H31N5O2/c1-5-17-6-7-21-18(12-17)13-19(15-27-21)24(33)30-10-8-26(9-11-30)14-20-16-31(25(2,3)4)29-22(20)23(32)28-26/h6-7,12-13,15-16H,5,8-11,14H2,1-4H3,(H,28,32). The van der Waals surface area contributed by atoms with Gasteiger partial charge in [0, 0.05) is 42.0 Å². The highest BCUT2D eigenvalue weighted by atomic mass is 16.2. The van der Waals surface area contributed by atoms with E-state index in [0.717, 1.165) is 42.1 Å². The third-order valence-electron chi connectivity index (χ3n) is 7.01. The number of nitrogens with zero attached hydrogens (tertiary/aromatic N) is 4. The van der Waals surface area contributed by atoms with Crippen molar-refractivity contribution in [3.05, 3.63) is 59.0 Å². The van der Waals surface area contributed by atoms with Gasteiger partial charge < -0.3 is 10.2 Å². The van der Waals surface area contributed by atoms with E-state index in [1.54, 1.807) is 6.20 Å². The predicted octanol–water partition coefficient (Wildman–Crippen LogP) is 3.71. The molecule has 0 saturated carbocycles. The van der Waals surface area contributed by atoms with E-state index in [1.807, 2.05) is 27.9 Å². The zero-order valence-electron chi connectivity index (χ0n) is 19.8. The maximum Gasteiger partial charge on any atom is 0.272 e. The number of carbonyl (C=O) groups is 2. The van der Waals surface area contributed by atoms with Gasteiger partial charge in [0.25, 0.3) is 11.8 Å². The van der Waals surface area contributed by atoms with Crippen LogP contribution in [0.5, 0.6) is 0 Å². The summed E-state index contributed by atoms with van der Waals surface area (Å²) in [5, 5.41) is 8.75. The molecule has 7 nitrogen and oxygen atoms in total. The highest BCUT2D eigenvalue weighted by Crippen LogP contribution is 2.33. The first-order chi connectivity index (χ1) is 15.7. The summed E-state index contributed by atoms with van der Waals surface area (Å²) in [5.41, 5.74) is 3.79. The first-order valence-corrected chi connectivity index (χ1v) is 11.8. The smallest absolute Gasteiger partial charge is 0.272 e. The lowest BCUT2D eigenvalue weighted by atomic mass is 9.79. The summed E-state index contributed by atoms with van der Waals surface area (Å²) in [6, 6.07) is 8.14. The fourth-order valence-electron chi connectivity index (χ4n) is 4.92. The number of aromatic nitrogens is 3. The lowest BCUT2D eigenvalue weighted by Gasteiger charge is -2.44. The number of pyridine rings is 1. The second-order valence-corrected chi connectivity index (χ2v) is 10.4. The Kier molecular flexibility index (Phi) is 5.03. The van der Waals surface area contributed by atoms with Crippen molar-refractivity contribution in [2.45, 2.75) is 64.5 Å². The number of fused-ring (bicyclic) bond motifs is 2. The molecule has 4 heterocycles. The molecule has 1 aromatic carbocycles. The summed E-state index contributed by atoms with van der Waals surface area (Å²) in [5.74, 6) is -0.103. The van der Waals surface area contributed by atoms with Crippen LogP contribution in [0, 0.1) is 0 Å². The van der Waals surface area contributed by atoms with Gasteiger partial charge in [0.2, 0.25) is 0 Å². The van der Waals surface area contributed by atoms with Gasteiger partial charge >= 0.3 is 0 Å². The first kappa shape index (κ1) is 21.6. The van der Waals surface area contributed by atoms with E-state index < -0.39 is 0 Å². The molecule has 0 atom stereocenters. The van der Waals surface area contributed by atoms with Crippen LogP contribution in [-0.4, -0.2) is 50.1 Å². The number of hydrogen-bond donors (Lipinski definition) is 1. The molecule has 2 aliphatic rings. The maximum atomic E-state index is 13.2. The number of carbonyl (C=O) groups excluding carboxylic acids is 2. The highest BCUT2D eigenvalue weighted by molar-refractivity contribution is 5.98. The summed E-state index contributed by atoms with van der Waals surface area (Å²) < 4.78 is 1.88. The number of benzene rings is 1. The molecule has 33 heavy (non-hydrogen) atoms. The molecule has 1 N–H and O–H groups in total. The first-order valence-electron chi connectivity index (χ1n) is 11.8. The van der Waals surface area contributed by atoms with Gasteiger partial charge in [0.15, 0.2) is 5.69 Å². The second kappa shape index (κ2) is 7.68. The Morgan fingerprint density at radius 3 is 2.64 bits per heavy atom. The quantitative estimate of drug-likeness (QED) is 0.652. The molecule has 5 rings (SSSR count). The fourth-order valence-corrected chi connectivity index (χ4v) is 4.92. The molecule has 3 aromatic rings. The fraction of sp³-hybridized carbons (Fsp3) is 0.462. The molecule has 1 saturated heterocycles. The molecule has 0 unspecified atom stereocenters. The van der Waals surface area contributed by atoms with Crippen molar-refractivity contribution in [1.82, 2.24) is 25.0 Å². The van der Waals surface area contributed by atoms with E-state index in [0.29, 0.717) is 24.3 Å². The van der Waals surface area contributed by atoms with Gasteiger partial charge in [-0.15, -0.1) is 0 Å². The molecule has 0 radical (unpaired) electrons. The van der Waals surface area contributed by atoms with Gasteiger partial charge in [-0.25, -0.2) is 0 Å². The van der Waals surface area contributed by atoms with Crippen LogP contribution in [0.2, 0.25) is 0 Å². The minimum Gasteiger partial charge on any atom is -0.345 e. The molecular weight excluding hydrogens is 414 g/mol. The van der Waals surface area contributed by atoms with Gasteiger partial charge in [-0.05, 0) is 70.2 Å². The zero-order chi connectivity index (χ0) is 23.4. The summed E-state index contributed by atoms with van der Waals surface area (Å²) >= 11 is 0. The van der Waals surface area contributed by atoms with Crippen molar-refractivity contribution in [2.24, 2.45) is 0 Å². The Bertz CT molecular complexity index is 1250. The number of nitrogens with one attached hydrogen (secondary N) is 1. The van der Waals surface area contributed by atoms with Crippen molar-refractivity contribution in [1.29, 1.82) is 0 Å². The van der Waals surface area contributed by atoms with Crippen LogP contribution in [0.15, 0.2) is 36.7 Å². The molecule has 0 bridgehead atoms. The number of amides is 2. The normalized spacial score (nSPS) is 17.8. The summed E-state index contributed by atoms with van der Waals surface area (Å²) in [6.07, 6.45) is 6.85. The van der Waals surface area contributed by atoms with Crippen LogP contribution in [-0.2, 0) is 18.4 Å². The third-order valence-corrected chi connectivity index (χ3v) is 7.01. The lowest BCUT2D eigenvalue weighted by Crippen LogP contribution is -2.59. The Balaban J connectivity index is 1.32. The Morgan fingerprint density at radius 1 is 1.18 bits per heavy atom. The number of piperidine rings is 1. The van der Waals surface area contributed by atoms with Gasteiger partial charge in [0.05, 0.1) is 16.6 Å². The van der Waals surface area contributed by atoms with Gasteiger partial charge in [-0.1, -0.05) is 13.0 Å². The Hall–Kier alpha value is -3.22. The van der Waals surface area contributed by atoms with Crippen molar-refractivity contribution in [2.75, 3.05) is 13.1 Å². The largest absolute Gasteiger partial charge is 0.345 e. The molecule has 1 spiro atoms. The van der Waals surface area contributed by atoms with Crippen molar-refractivity contribution < 1.29 is 9.59 Å². The second-order valence-electron chi connectivity index (χ2n) is 10.4. The average molecular weight is 446 g/mol. The molecule has 2 amide bonds. The summed E-state index contributed by atoms with van der Waals surface area (Å²) in [6.45, 7) is 9.56. The van der Waals surface area contributed by atoms with E-state index in [9.17, 15) is 9.59 Å². The maximum absolute atomic E-state index is 13.2. The number of hydrogen-bond acceptors (Lipinski definition) is 4. The van der Waals surface area contributed by atoms with Crippen molar-refractivity contribution >= 4 is 22.7 Å². The van der Waals surface area contributed by atoms with Crippen LogP contribution in [0.1, 0.15) is 72.5 Å². The Morgan fingerprint density at radius 2 is 1.94 bits per heavy atom. The zero-order valence-corrected chi connectivity index (χ0v) is 19.8. The van der Waals surface area contributed by atoms with Crippen LogP contribution >= 0.6 is 0 Å². The van der Waals surface area contributed by atoms with Crippen LogP contribution < -0.4 is 5.32 Å².